The molecule has 2 aromatic carbocycles. The molecule has 3 rings (SSSR count). The molecule has 4 nitrogen and oxygen atoms in total. The van der Waals surface area contributed by atoms with E-state index in [0.29, 0.717) is 12.2 Å². The van der Waals surface area contributed by atoms with Gasteiger partial charge in [-0.05, 0) is 41.0 Å². The smallest absolute Gasteiger partial charge is 0.255 e. The van der Waals surface area contributed by atoms with Crippen molar-refractivity contribution in [2.24, 2.45) is 0 Å². The zero-order chi connectivity index (χ0) is 14.7. The van der Waals surface area contributed by atoms with Crippen molar-refractivity contribution < 1.29 is 9.53 Å². The van der Waals surface area contributed by atoms with Gasteiger partial charge in [0.15, 0.2) is 0 Å². The molecule has 0 atom stereocenters. The van der Waals surface area contributed by atoms with Gasteiger partial charge in [-0.15, -0.1) is 0 Å². The van der Waals surface area contributed by atoms with Crippen molar-refractivity contribution in [1.82, 2.24) is 5.32 Å². The van der Waals surface area contributed by atoms with Gasteiger partial charge in [0, 0.05) is 31.5 Å². The van der Waals surface area contributed by atoms with Gasteiger partial charge in [-0.3, -0.25) is 4.79 Å². The van der Waals surface area contributed by atoms with E-state index in [9.17, 15) is 4.79 Å². The summed E-state index contributed by atoms with van der Waals surface area (Å²) in [5.74, 6) is -0.0840. The van der Waals surface area contributed by atoms with E-state index in [0.717, 1.165) is 24.3 Å². The lowest BCUT2D eigenvalue weighted by Crippen LogP contribution is -2.12. The topological polar surface area (TPSA) is 50.4 Å². The van der Waals surface area contributed by atoms with E-state index in [1.807, 2.05) is 42.5 Å². The largest absolute Gasteiger partial charge is 0.380 e. The molecule has 1 aliphatic heterocycles. The highest BCUT2D eigenvalue weighted by molar-refractivity contribution is 6.04. The number of hydrogen-bond donors (Lipinski definition) is 2. The van der Waals surface area contributed by atoms with Crippen LogP contribution in [-0.2, 0) is 24.4 Å². The first-order valence-electron chi connectivity index (χ1n) is 6.98. The monoisotopic (exact) mass is 282 g/mol. The van der Waals surface area contributed by atoms with Crippen LogP contribution in [0.3, 0.4) is 0 Å². The van der Waals surface area contributed by atoms with E-state index in [-0.39, 0.29) is 5.91 Å². The summed E-state index contributed by atoms with van der Waals surface area (Å²) in [6.07, 6.45) is 0. The molecular formula is C17H18N2O2. The van der Waals surface area contributed by atoms with Gasteiger partial charge in [0.1, 0.15) is 0 Å². The van der Waals surface area contributed by atoms with Crippen molar-refractivity contribution >= 4 is 11.6 Å². The lowest BCUT2D eigenvalue weighted by molar-refractivity contribution is 0.102. The molecule has 0 fully saturated rings. The van der Waals surface area contributed by atoms with Crippen LogP contribution in [0.2, 0.25) is 0 Å². The number of nitrogens with one attached hydrogen (secondary N) is 2. The van der Waals surface area contributed by atoms with Crippen molar-refractivity contribution in [3.63, 3.8) is 0 Å². The molecule has 0 saturated carbocycles. The van der Waals surface area contributed by atoms with Gasteiger partial charge in [-0.25, -0.2) is 0 Å². The summed E-state index contributed by atoms with van der Waals surface area (Å²) < 4.78 is 5.10. The summed E-state index contributed by atoms with van der Waals surface area (Å²) in [6, 6.07) is 13.6. The first-order valence-corrected chi connectivity index (χ1v) is 6.98. The number of fused-ring (bicyclic) bond motifs is 1. The Morgan fingerprint density at radius 3 is 2.90 bits per heavy atom. The van der Waals surface area contributed by atoms with E-state index < -0.39 is 0 Å². The van der Waals surface area contributed by atoms with E-state index in [1.165, 1.54) is 11.1 Å². The number of hydrogen-bond acceptors (Lipinski definition) is 3. The minimum absolute atomic E-state index is 0.0840. The van der Waals surface area contributed by atoms with Crippen molar-refractivity contribution in [3.8, 4) is 0 Å². The summed E-state index contributed by atoms with van der Waals surface area (Å²) in [6.45, 7) is 2.25. The van der Waals surface area contributed by atoms with Gasteiger partial charge < -0.3 is 15.4 Å². The first kappa shape index (κ1) is 13.8. The van der Waals surface area contributed by atoms with E-state index in [2.05, 4.69) is 10.6 Å². The number of methoxy groups -OCH3 is 1. The quantitative estimate of drug-likeness (QED) is 0.906. The zero-order valence-electron chi connectivity index (χ0n) is 12.0. The Hall–Kier alpha value is -2.17. The van der Waals surface area contributed by atoms with Gasteiger partial charge in [0.05, 0.1) is 6.61 Å². The Bertz CT molecular complexity index is 668. The fourth-order valence-electron chi connectivity index (χ4n) is 2.54. The summed E-state index contributed by atoms with van der Waals surface area (Å²) in [5.41, 5.74) is 4.99. The second-order valence-electron chi connectivity index (χ2n) is 5.17. The molecule has 0 radical (unpaired) electrons. The number of amides is 1. The van der Waals surface area contributed by atoms with Crippen LogP contribution in [0.15, 0.2) is 42.5 Å². The lowest BCUT2D eigenvalue weighted by atomic mass is 10.1. The second kappa shape index (κ2) is 6.08. The van der Waals surface area contributed by atoms with E-state index in [4.69, 9.17) is 4.74 Å². The third kappa shape index (κ3) is 3.12. The number of benzene rings is 2. The molecule has 0 spiro atoms. The van der Waals surface area contributed by atoms with Gasteiger partial charge in [0.2, 0.25) is 0 Å². The maximum Gasteiger partial charge on any atom is 0.255 e. The molecule has 4 heteroatoms. The summed E-state index contributed by atoms with van der Waals surface area (Å²) in [5, 5.41) is 6.21. The van der Waals surface area contributed by atoms with E-state index >= 15 is 0 Å². The normalized spacial score (nSPS) is 13.0. The predicted octanol–water partition coefficient (Wildman–Crippen LogP) is 2.69. The molecule has 1 heterocycles. The number of rotatable bonds is 4. The van der Waals surface area contributed by atoms with Crippen molar-refractivity contribution in [2.45, 2.75) is 19.7 Å². The second-order valence-corrected chi connectivity index (χ2v) is 5.17. The summed E-state index contributed by atoms with van der Waals surface area (Å²) in [7, 11) is 1.66. The Balaban J connectivity index is 1.75. The number of ether oxygens (including phenoxy) is 1. The standard InChI is InChI=1S/C17H18N2O2/c1-21-11-12-3-2-4-16(7-12)19-17(20)13-5-6-14-9-18-10-15(14)8-13/h2-8,18H,9-11H2,1H3,(H,19,20). The Kier molecular flexibility index (Phi) is 3.99. The molecule has 2 aromatic rings. The average molecular weight is 282 g/mol. The van der Waals surface area contributed by atoms with Gasteiger partial charge in [-0.2, -0.15) is 0 Å². The van der Waals surface area contributed by atoms with Gasteiger partial charge in [-0.1, -0.05) is 18.2 Å². The molecule has 1 aliphatic rings. The van der Waals surface area contributed by atoms with Crippen LogP contribution in [0.25, 0.3) is 0 Å². The molecule has 21 heavy (non-hydrogen) atoms. The van der Waals surface area contributed by atoms with Gasteiger partial charge >= 0.3 is 0 Å². The molecule has 108 valence electrons. The molecule has 1 amide bonds. The van der Waals surface area contributed by atoms with Crippen LogP contribution in [0.1, 0.15) is 27.0 Å². The Morgan fingerprint density at radius 2 is 2.05 bits per heavy atom. The van der Waals surface area contributed by atoms with Crippen LogP contribution in [-0.4, -0.2) is 13.0 Å². The van der Waals surface area contributed by atoms with E-state index in [1.54, 1.807) is 7.11 Å². The SMILES string of the molecule is COCc1cccc(NC(=O)c2ccc3c(c2)CNC3)c1. The van der Waals surface area contributed by atoms with Crippen molar-refractivity contribution in [2.75, 3.05) is 12.4 Å². The van der Waals surface area contributed by atoms with Crippen LogP contribution >= 0.6 is 0 Å². The highest BCUT2D eigenvalue weighted by atomic mass is 16.5. The van der Waals surface area contributed by atoms with Crippen LogP contribution in [0.4, 0.5) is 5.69 Å². The van der Waals surface area contributed by atoms with Gasteiger partial charge in [0.25, 0.3) is 5.91 Å². The van der Waals surface area contributed by atoms with Crippen molar-refractivity contribution in [1.29, 1.82) is 0 Å². The molecule has 0 saturated heterocycles. The first-order chi connectivity index (χ1) is 10.3. The molecule has 2 N–H and O–H groups in total. The molecule has 0 aromatic heterocycles. The molecule has 0 aliphatic carbocycles. The average Bonchev–Trinajstić information content (AvgIpc) is 2.95. The maximum absolute atomic E-state index is 12.3. The summed E-state index contributed by atoms with van der Waals surface area (Å²) >= 11 is 0. The van der Waals surface area contributed by atoms with Crippen molar-refractivity contribution in [3.05, 3.63) is 64.7 Å². The highest BCUT2D eigenvalue weighted by Gasteiger charge is 2.13. The number of anilines is 1. The fraction of sp³-hybridized carbons (Fsp3) is 0.235. The molecule has 0 bridgehead atoms. The highest BCUT2D eigenvalue weighted by Crippen LogP contribution is 2.18. The predicted molar refractivity (Wildman–Crippen MR) is 82.1 cm³/mol. The minimum Gasteiger partial charge on any atom is -0.380 e. The molecule has 0 unspecified atom stereocenters. The Morgan fingerprint density at radius 1 is 1.19 bits per heavy atom. The summed E-state index contributed by atoms with van der Waals surface area (Å²) in [4.78, 5) is 12.3. The molecular weight excluding hydrogens is 264 g/mol. The van der Waals surface area contributed by atoms with Crippen LogP contribution in [0.5, 0.6) is 0 Å². The van der Waals surface area contributed by atoms with Crippen LogP contribution < -0.4 is 10.6 Å². The fourth-order valence-corrected chi connectivity index (χ4v) is 2.54. The lowest BCUT2D eigenvalue weighted by Gasteiger charge is -2.08. The maximum atomic E-state index is 12.3. The number of carbonyl (C=O) groups excluding carboxylic acids is 1. The third-order valence-corrected chi connectivity index (χ3v) is 3.60. The minimum atomic E-state index is -0.0840. The van der Waals surface area contributed by atoms with Crippen LogP contribution in [0, 0.1) is 0 Å². The Labute approximate surface area is 124 Å². The number of carbonyl (C=O) groups is 1. The third-order valence-electron chi connectivity index (χ3n) is 3.60. The zero-order valence-corrected chi connectivity index (χ0v) is 12.0.